The summed E-state index contributed by atoms with van der Waals surface area (Å²) in [6.45, 7) is 8.40. The van der Waals surface area contributed by atoms with Crippen LogP contribution in [0.3, 0.4) is 0 Å². The largest absolute Gasteiger partial charge is 0.379 e. The van der Waals surface area contributed by atoms with Crippen molar-refractivity contribution in [2.75, 3.05) is 57.4 Å². The van der Waals surface area contributed by atoms with Gasteiger partial charge in [-0.2, -0.15) is 4.98 Å². The van der Waals surface area contributed by atoms with E-state index in [1.54, 1.807) is 0 Å². The highest BCUT2D eigenvalue weighted by Gasteiger charge is 2.28. The van der Waals surface area contributed by atoms with E-state index in [9.17, 15) is 4.79 Å². The van der Waals surface area contributed by atoms with Crippen molar-refractivity contribution < 1.29 is 14.1 Å². The van der Waals surface area contributed by atoms with Crippen molar-refractivity contribution in [2.24, 2.45) is 5.92 Å². The number of anilines is 1. The van der Waals surface area contributed by atoms with Crippen LogP contribution in [0.5, 0.6) is 0 Å². The lowest BCUT2D eigenvalue weighted by atomic mass is 9.97. The molecule has 0 radical (unpaired) electrons. The Morgan fingerprint density at radius 2 is 2.15 bits per heavy atom. The lowest BCUT2D eigenvalue weighted by Gasteiger charge is -2.33. The number of carbonyl (C=O) groups is 1. The number of hydrogen-bond acceptors (Lipinski definition) is 8. The van der Waals surface area contributed by atoms with Crippen LogP contribution in [0.25, 0.3) is 11.1 Å². The molecule has 4 rings (SSSR count). The molecule has 9 heteroatoms. The van der Waals surface area contributed by atoms with Crippen LogP contribution in [-0.4, -0.2) is 78.4 Å². The molecule has 0 saturated carbocycles. The van der Waals surface area contributed by atoms with Crippen LogP contribution >= 0.6 is 0 Å². The van der Waals surface area contributed by atoms with Gasteiger partial charge in [-0.05, 0) is 19.8 Å². The maximum atomic E-state index is 12.7. The van der Waals surface area contributed by atoms with Crippen LogP contribution in [0.1, 0.15) is 18.5 Å². The van der Waals surface area contributed by atoms with Crippen molar-refractivity contribution in [3.8, 4) is 0 Å². The number of rotatable bonds is 5. The zero-order chi connectivity index (χ0) is 18.6. The van der Waals surface area contributed by atoms with Gasteiger partial charge in [0.2, 0.25) is 5.91 Å². The fourth-order valence-corrected chi connectivity index (χ4v) is 3.83. The molecule has 0 aliphatic carbocycles. The number of morpholine rings is 1. The summed E-state index contributed by atoms with van der Waals surface area (Å²) in [5.74, 6) is 0.901. The Balaban J connectivity index is 1.36. The molecule has 0 unspecified atom stereocenters. The predicted molar refractivity (Wildman–Crippen MR) is 99.5 cm³/mol. The summed E-state index contributed by atoms with van der Waals surface area (Å²) >= 11 is 0. The SMILES string of the molecule is Cc1noc2ncnc(N3CCC[C@H](C(=O)NCCN4CCOCC4)C3)c12. The molecule has 2 aromatic rings. The number of ether oxygens (including phenoxy) is 1. The fourth-order valence-electron chi connectivity index (χ4n) is 3.83. The minimum absolute atomic E-state index is 0.0337. The highest BCUT2D eigenvalue weighted by atomic mass is 16.5. The molecule has 146 valence electrons. The van der Waals surface area contributed by atoms with Gasteiger partial charge >= 0.3 is 0 Å². The number of aryl methyl sites for hydroxylation is 1. The highest BCUT2D eigenvalue weighted by molar-refractivity contribution is 5.88. The lowest BCUT2D eigenvalue weighted by molar-refractivity contribution is -0.125. The standard InChI is InChI=1S/C18H26N6O3/c1-13-15-16(20-12-21-18(15)27-22-13)24-5-2-3-14(11-24)17(25)19-4-6-23-7-9-26-10-8-23/h12,14H,2-11H2,1H3,(H,19,25)/t14-/m0/s1. The van der Waals surface area contributed by atoms with Crippen LogP contribution in [-0.2, 0) is 9.53 Å². The molecule has 0 bridgehead atoms. The normalized spacial score (nSPS) is 21.5. The van der Waals surface area contributed by atoms with E-state index in [1.807, 2.05) is 6.92 Å². The van der Waals surface area contributed by atoms with Crippen LogP contribution in [0.15, 0.2) is 10.9 Å². The lowest BCUT2D eigenvalue weighted by Crippen LogP contribution is -2.46. The van der Waals surface area contributed by atoms with Crippen molar-refractivity contribution in [2.45, 2.75) is 19.8 Å². The Morgan fingerprint density at radius 3 is 3.00 bits per heavy atom. The van der Waals surface area contributed by atoms with Crippen molar-refractivity contribution in [1.29, 1.82) is 0 Å². The van der Waals surface area contributed by atoms with Crippen molar-refractivity contribution in [3.63, 3.8) is 0 Å². The van der Waals surface area contributed by atoms with E-state index >= 15 is 0 Å². The van der Waals surface area contributed by atoms with Gasteiger partial charge in [0.25, 0.3) is 5.71 Å². The minimum atomic E-state index is -0.0337. The molecule has 4 heterocycles. The van der Waals surface area contributed by atoms with Crippen LogP contribution in [0, 0.1) is 12.8 Å². The van der Waals surface area contributed by atoms with Gasteiger partial charge in [0.15, 0.2) is 0 Å². The van der Waals surface area contributed by atoms with Crippen molar-refractivity contribution >= 4 is 22.8 Å². The topological polar surface area (TPSA) is 96.6 Å². The maximum absolute atomic E-state index is 12.7. The van der Waals surface area contributed by atoms with E-state index in [4.69, 9.17) is 9.26 Å². The molecule has 2 aliphatic rings. The Hall–Kier alpha value is -2.26. The molecule has 2 aliphatic heterocycles. The summed E-state index contributed by atoms with van der Waals surface area (Å²) in [5.41, 5.74) is 1.27. The molecule has 9 nitrogen and oxygen atoms in total. The van der Waals surface area contributed by atoms with Gasteiger partial charge in [0.1, 0.15) is 17.5 Å². The molecular weight excluding hydrogens is 348 g/mol. The highest BCUT2D eigenvalue weighted by Crippen LogP contribution is 2.29. The van der Waals surface area contributed by atoms with Crippen LogP contribution in [0.2, 0.25) is 0 Å². The first-order valence-electron chi connectivity index (χ1n) is 9.62. The van der Waals surface area contributed by atoms with Gasteiger partial charge in [-0.15, -0.1) is 0 Å². The fraction of sp³-hybridized carbons (Fsp3) is 0.667. The summed E-state index contributed by atoms with van der Waals surface area (Å²) in [6.07, 6.45) is 3.35. The monoisotopic (exact) mass is 374 g/mol. The summed E-state index contributed by atoms with van der Waals surface area (Å²) in [5, 5.41) is 7.94. The molecule has 2 saturated heterocycles. The van der Waals surface area contributed by atoms with E-state index in [0.717, 1.165) is 69.1 Å². The number of nitrogens with one attached hydrogen (secondary N) is 1. The van der Waals surface area contributed by atoms with Gasteiger partial charge in [0.05, 0.1) is 24.8 Å². The van der Waals surface area contributed by atoms with Crippen LogP contribution < -0.4 is 10.2 Å². The Labute approximate surface area is 158 Å². The summed E-state index contributed by atoms with van der Waals surface area (Å²) < 4.78 is 10.6. The van der Waals surface area contributed by atoms with Gasteiger partial charge in [0, 0.05) is 39.3 Å². The van der Waals surface area contributed by atoms with Crippen molar-refractivity contribution in [3.05, 3.63) is 12.0 Å². The third-order valence-corrected chi connectivity index (χ3v) is 5.35. The summed E-state index contributed by atoms with van der Waals surface area (Å²) in [6, 6.07) is 0. The van der Waals surface area contributed by atoms with E-state index < -0.39 is 0 Å². The Bertz CT molecular complexity index is 788. The number of carbonyl (C=O) groups excluding carboxylic acids is 1. The predicted octanol–water partition coefficient (Wildman–Crippen LogP) is 0.591. The number of fused-ring (bicyclic) bond motifs is 1. The molecule has 2 aromatic heterocycles. The average molecular weight is 374 g/mol. The molecule has 1 amide bonds. The van der Waals surface area contributed by atoms with Gasteiger partial charge < -0.3 is 19.5 Å². The number of amides is 1. The third kappa shape index (κ3) is 4.03. The Morgan fingerprint density at radius 1 is 1.30 bits per heavy atom. The molecular formula is C18H26N6O3. The smallest absolute Gasteiger partial charge is 0.263 e. The maximum Gasteiger partial charge on any atom is 0.263 e. The van der Waals surface area contributed by atoms with E-state index in [2.05, 4.69) is 30.2 Å². The summed E-state index contributed by atoms with van der Waals surface area (Å²) in [4.78, 5) is 25.7. The van der Waals surface area contributed by atoms with Gasteiger partial charge in [-0.25, -0.2) is 4.98 Å². The average Bonchev–Trinajstić information content (AvgIpc) is 3.10. The molecule has 27 heavy (non-hydrogen) atoms. The number of piperidine rings is 1. The molecule has 0 spiro atoms. The third-order valence-electron chi connectivity index (χ3n) is 5.35. The molecule has 2 fully saturated rings. The number of nitrogens with zero attached hydrogens (tertiary/aromatic N) is 5. The quantitative estimate of drug-likeness (QED) is 0.812. The van der Waals surface area contributed by atoms with Gasteiger partial charge in [-0.1, -0.05) is 5.16 Å². The molecule has 1 atom stereocenters. The van der Waals surface area contributed by atoms with E-state index in [0.29, 0.717) is 18.8 Å². The van der Waals surface area contributed by atoms with E-state index in [-0.39, 0.29) is 11.8 Å². The van der Waals surface area contributed by atoms with E-state index in [1.165, 1.54) is 6.33 Å². The minimum Gasteiger partial charge on any atom is -0.379 e. The Kier molecular flexibility index (Phi) is 5.49. The second-order valence-corrected chi connectivity index (χ2v) is 7.18. The second kappa shape index (κ2) is 8.18. The van der Waals surface area contributed by atoms with Crippen molar-refractivity contribution in [1.82, 2.24) is 25.3 Å². The van der Waals surface area contributed by atoms with Crippen LogP contribution in [0.4, 0.5) is 5.82 Å². The molecule has 0 aromatic carbocycles. The zero-order valence-electron chi connectivity index (χ0n) is 15.7. The molecule has 1 N–H and O–H groups in total. The number of aromatic nitrogens is 3. The first-order valence-corrected chi connectivity index (χ1v) is 9.62. The second-order valence-electron chi connectivity index (χ2n) is 7.18. The summed E-state index contributed by atoms with van der Waals surface area (Å²) in [7, 11) is 0. The van der Waals surface area contributed by atoms with Gasteiger partial charge in [-0.3, -0.25) is 9.69 Å². The zero-order valence-corrected chi connectivity index (χ0v) is 15.7. The first-order chi connectivity index (χ1) is 13.2. The first kappa shape index (κ1) is 18.1. The number of hydrogen-bond donors (Lipinski definition) is 1.